The fourth-order valence-electron chi connectivity index (χ4n) is 7.28. The summed E-state index contributed by atoms with van der Waals surface area (Å²) in [5.41, 5.74) is 7.61. The van der Waals surface area contributed by atoms with Gasteiger partial charge in [0, 0.05) is 39.6 Å². The van der Waals surface area contributed by atoms with E-state index < -0.39 is 11.8 Å². The number of imide groups is 2. The van der Waals surface area contributed by atoms with Crippen LogP contribution in [0.4, 0.5) is 0 Å². The van der Waals surface area contributed by atoms with Crippen LogP contribution in [0, 0.1) is 0 Å². The molecule has 5 aromatic carbocycles. The van der Waals surface area contributed by atoms with Gasteiger partial charge in [-0.15, -0.1) is 0 Å². The van der Waals surface area contributed by atoms with Crippen LogP contribution in [0.25, 0.3) is 43.1 Å². The molecule has 2 aliphatic rings. The van der Waals surface area contributed by atoms with Crippen LogP contribution in [-0.4, -0.2) is 41.6 Å². The van der Waals surface area contributed by atoms with Crippen LogP contribution in [0.15, 0.2) is 48.5 Å². The van der Waals surface area contributed by atoms with E-state index in [2.05, 4.69) is 5.32 Å². The molecule has 0 spiro atoms. The minimum absolute atomic E-state index is 0.239. The lowest BCUT2D eigenvalue weighted by Crippen LogP contribution is -2.40. The third-order valence-corrected chi connectivity index (χ3v) is 9.40. The first-order valence-electron chi connectivity index (χ1n) is 15.6. The van der Waals surface area contributed by atoms with E-state index >= 15 is 0 Å². The van der Waals surface area contributed by atoms with Crippen LogP contribution in [0.2, 0.25) is 0 Å². The topological polar surface area (TPSA) is 110 Å². The molecule has 0 saturated heterocycles. The minimum Gasteiger partial charge on any atom is -0.330 e. The fourth-order valence-corrected chi connectivity index (χ4v) is 7.28. The number of carbonyl (C=O) groups is 4. The Kier molecular flexibility index (Phi) is 7.06. The first-order valence-corrected chi connectivity index (χ1v) is 15.6. The molecule has 0 atom stereocenters. The standard InChI is InChI=1S/C36H35N3O4/c37-19-9-7-5-3-1-2-4-6-8-10-20-39-35(42)27-17-13-23-21-11-15-25-31-26(34(41)38-33(25)40)16-12-22(29(21)31)24-14-18-28(36(39)43)32(27)30(23)24/h11-18H,1-10,19-20,37H2,(H,38,40,41). The van der Waals surface area contributed by atoms with E-state index in [9.17, 15) is 19.2 Å². The number of nitrogens with zero attached hydrogens (tertiary/aromatic N) is 1. The van der Waals surface area contributed by atoms with E-state index in [4.69, 9.17) is 5.73 Å². The zero-order valence-corrected chi connectivity index (χ0v) is 24.3. The maximum Gasteiger partial charge on any atom is 0.261 e. The normalized spacial score (nSPS) is 14.7. The van der Waals surface area contributed by atoms with Crippen molar-refractivity contribution in [2.45, 2.75) is 64.2 Å². The van der Waals surface area contributed by atoms with E-state index in [1.807, 2.05) is 36.4 Å². The summed E-state index contributed by atoms with van der Waals surface area (Å²) in [5.74, 6) is -1.28. The van der Waals surface area contributed by atoms with Crippen molar-refractivity contribution in [1.29, 1.82) is 0 Å². The molecule has 7 nitrogen and oxygen atoms in total. The van der Waals surface area contributed by atoms with Gasteiger partial charge < -0.3 is 5.73 Å². The van der Waals surface area contributed by atoms with E-state index in [1.54, 1.807) is 12.1 Å². The molecular weight excluding hydrogens is 538 g/mol. The Morgan fingerprint density at radius 2 is 0.837 bits per heavy atom. The monoisotopic (exact) mass is 573 g/mol. The summed E-state index contributed by atoms with van der Waals surface area (Å²) >= 11 is 0. The Morgan fingerprint density at radius 3 is 1.28 bits per heavy atom. The molecule has 0 radical (unpaired) electrons. The number of hydrogen-bond acceptors (Lipinski definition) is 5. The lowest BCUT2D eigenvalue weighted by Gasteiger charge is -2.29. The van der Waals surface area contributed by atoms with Crippen molar-refractivity contribution in [3.63, 3.8) is 0 Å². The Bertz CT molecular complexity index is 1840. The zero-order chi connectivity index (χ0) is 29.7. The number of benzene rings is 5. The predicted molar refractivity (Wildman–Crippen MR) is 170 cm³/mol. The van der Waals surface area contributed by atoms with Crippen molar-refractivity contribution in [3.8, 4) is 0 Å². The lowest BCUT2D eigenvalue weighted by atomic mass is 9.82. The molecule has 4 amide bonds. The van der Waals surface area contributed by atoms with Crippen molar-refractivity contribution < 1.29 is 19.2 Å². The first-order chi connectivity index (χ1) is 21.0. The highest BCUT2D eigenvalue weighted by atomic mass is 16.2. The molecular formula is C36H35N3O4. The maximum absolute atomic E-state index is 13.7. The average Bonchev–Trinajstić information content (AvgIpc) is 3.01. The zero-order valence-electron chi connectivity index (χ0n) is 24.3. The molecule has 218 valence electrons. The maximum atomic E-state index is 13.7. The molecule has 2 heterocycles. The van der Waals surface area contributed by atoms with Gasteiger partial charge in [0.2, 0.25) is 0 Å². The van der Waals surface area contributed by atoms with Gasteiger partial charge in [-0.05, 0) is 76.0 Å². The fraction of sp³-hybridized carbons (Fsp3) is 0.333. The van der Waals surface area contributed by atoms with Gasteiger partial charge >= 0.3 is 0 Å². The second kappa shape index (κ2) is 11.0. The van der Waals surface area contributed by atoms with Crippen LogP contribution < -0.4 is 11.1 Å². The summed E-state index contributed by atoms with van der Waals surface area (Å²) in [6.45, 7) is 1.20. The van der Waals surface area contributed by atoms with Crippen LogP contribution in [0.3, 0.4) is 0 Å². The quantitative estimate of drug-likeness (QED) is 0.0718. The Hall–Kier alpha value is -4.36. The van der Waals surface area contributed by atoms with Gasteiger partial charge in [0.15, 0.2) is 0 Å². The first kappa shape index (κ1) is 27.5. The summed E-state index contributed by atoms with van der Waals surface area (Å²) in [6.07, 6.45) is 11.4. The van der Waals surface area contributed by atoms with E-state index in [0.29, 0.717) is 39.6 Å². The second-order valence-electron chi connectivity index (χ2n) is 12.0. The summed E-state index contributed by atoms with van der Waals surface area (Å²) in [4.78, 5) is 54.2. The van der Waals surface area contributed by atoms with E-state index in [-0.39, 0.29) is 11.8 Å². The Morgan fingerprint density at radius 1 is 0.465 bits per heavy atom. The average molecular weight is 574 g/mol. The molecule has 7 rings (SSSR count). The summed E-state index contributed by atoms with van der Waals surface area (Å²) in [6, 6.07) is 14.9. The van der Waals surface area contributed by atoms with Gasteiger partial charge in [-0.25, -0.2) is 0 Å². The van der Waals surface area contributed by atoms with Crippen molar-refractivity contribution >= 4 is 66.7 Å². The summed E-state index contributed by atoms with van der Waals surface area (Å²) in [7, 11) is 0. The van der Waals surface area contributed by atoms with Gasteiger partial charge in [-0.2, -0.15) is 0 Å². The number of fused-ring (bicyclic) bond motifs is 2. The predicted octanol–water partition coefficient (Wildman–Crippen LogP) is 7.08. The molecule has 7 heteroatoms. The minimum atomic E-state index is -0.400. The molecule has 43 heavy (non-hydrogen) atoms. The van der Waals surface area contributed by atoms with Crippen molar-refractivity contribution in [3.05, 3.63) is 70.8 Å². The Balaban J connectivity index is 1.16. The van der Waals surface area contributed by atoms with Crippen LogP contribution in [-0.2, 0) is 0 Å². The molecule has 0 aliphatic carbocycles. The number of hydrogen-bond donors (Lipinski definition) is 2. The molecule has 0 bridgehead atoms. The number of amides is 4. The largest absolute Gasteiger partial charge is 0.330 e. The highest BCUT2D eigenvalue weighted by Crippen LogP contribution is 2.45. The molecule has 0 fully saturated rings. The van der Waals surface area contributed by atoms with E-state index in [1.165, 1.54) is 43.4 Å². The highest BCUT2D eigenvalue weighted by molar-refractivity contribution is 6.41. The lowest BCUT2D eigenvalue weighted by molar-refractivity contribution is 0.0606. The van der Waals surface area contributed by atoms with Crippen LogP contribution >= 0.6 is 0 Å². The van der Waals surface area contributed by atoms with Crippen LogP contribution in [0.1, 0.15) is 106 Å². The third kappa shape index (κ3) is 4.37. The van der Waals surface area contributed by atoms with Crippen molar-refractivity contribution in [1.82, 2.24) is 10.2 Å². The molecule has 5 aromatic rings. The summed E-state index contributed by atoms with van der Waals surface area (Å²) < 4.78 is 0. The summed E-state index contributed by atoms with van der Waals surface area (Å²) in [5, 5.41) is 9.11. The second-order valence-corrected chi connectivity index (χ2v) is 12.0. The van der Waals surface area contributed by atoms with Gasteiger partial charge in [0.1, 0.15) is 0 Å². The van der Waals surface area contributed by atoms with Crippen LogP contribution in [0.5, 0.6) is 0 Å². The van der Waals surface area contributed by atoms with Gasteiger partial charge in [-0.1, -0.05) is 75.6 Å². The molecule has 0 unspecified atom stereocenters. The van der Waals surface area contributed by atoms with Gasteiger partial charge in [0.25, 0.3) is 23.6 Å². The molecule has 0 saturated carbocycles. The smallest absolute Gasteiger partial charge is 0.261 e. The number of nitrogens with two attached hydrogens (primary N) is 1. The molecule has 2 aliphatic heterocycles. The Labute approximate surface area is 249 Å². The number of unbranched alkanes of at least 4 members (excludes halogenated alkanes) is 9. The highest BCUT2D eigenvalue weighted by Gasteiger charge is 2.34. The number of nitrogens with one attached hydrogen (secondary N) is 1. The van der Waals surface area contributed by atoms with E-state index in [0.717, 1.165) is 64.5 Å². The van der Waals surface area contributed by atoms with Gasteiger partial charge in [-0.3, -0.25) is 29.4 Å². The van der Waals surface area contributed by atoms with Crippen molar-refractivity contribution in [2.24, 2.45) is 5.73 Å². The molecule has 3 N–H and O–H groups in total. The number of carbonyl (C=O) groups excluding carboxylic acids is 4. The number of rotatable bonds is 12. The molecule has 0 aromatic heterocycles. The third-order valence-electron chi connectivity index (χ3n) is 9.40. The van der Waals surface area contributed by atoms with Gasteiger partial charge in [0.05, 0.1) is 0 Å². The van der Waals surface area contributed by atoms with Crippen molar-refractivity contribution in [2.75, 3.05) is 13.1 Å². The SMILES string of the molecule is NCCCCCCCCCCCCN1C(=O)c2ccc3c4ccc5c6c(ccc(c7ccc(c2c37)C1=O)c64)C(=O)NC5=O.